The Morgan fingerprint density at radius 3 is 2.57 bits per heavy atom. The fourth-order valence-electron chi connectivity index (χ4n) is 1.87. The number of nitrogens with one attached hydrogen (secondary N) is 1. The summed E-state index contributed by atoms with van der Waals surface area (Å²) in [5.41, 5.74) is 0.571. The van der Waals surface area contributed by atoms with Gasteiger partial charge < -0.3 is 5.32 Å². The van der Waals surface area contributed by atoms with Gasteiger partial charge in [-0.2, -0.15) is 0 Å². The molecule has 0 aliphatic rings. The highest BCUT2D eigenvalue weighted by atomic mass is 35.5. The highest BCUT2D eigenvalue weighted by Gasteiger charge is 2.08. The predicted molar refractivity (Wildman–Crippen MR) is 98.0 cm³/mol. The van der Waals surface area contributed by atoms with Crippen molar-refractivity contribution in [1.29, 1.82) is 0 Å². The van der Waals surface area contributed by atoms with Gasteiger partial charge in [0.15, 0.2) is 0 Å². The van der Waals surface area contributed by atoms with Gasteiger partial charge in [0.05, 0.1) is 15.6 Å². The number of amides is 1. The van der Waals surface area contributed by atoms with Gasteiger partial charge in [-0.1, -0.05) is 34.8 Å². The zero-order valence-corrected chi connectivity index (χ0v) is 15.3. The van der Waals surface area contributed by atoms with Gasteiger partial charge >= 0.3 is 0 Å². The first-order chi connectivity index (χ1) is 11.1. The first-order valence-corrected chi connectivity index (χ1v) is 9.15. The van der Waals surface area contributed by atoms with E-state index in [1.54, 1.807) is 48.4 Å². The van der Waals surface area contributed by atoms with Gasteiger partial charge in [-0.15, -0.1) is 11.8 Å². The molecule has 1 aromatic carbocycles. The summed E-state index contributed by atoms with van der Waals surface area (Å²) in [6.45, 7) is 0.621. The molecule has 0 saturated heterocycles. The van der Waals surface area contributed by atoms with Gasteiger partial charge in [-0.25, -0.2) is 0 Å². The highest BCUT2D eigenvalue weighted by molar-refractivity contribution is 7.99. The molecule has 3 nitrogen and oxygen atoms in total. The van der Waals surface area contributed by atoms with Gasteiger partial charge in [-0.05, 0) is 42.9 Å². The number of carbonyl (C=O) groups excluding carboxylic acids is 1. The fourth-order valence-corrected chi connectivity index (χ4v) is 3.96. The number of pyridine rings is 1. The van der Waals surface area contributed by atoms with Crippen LogP contribution in [0.25, 0.3) is 0 Å². The molecular formula is C16H15Cl3N2OS. The predicted octanol–water partition coefficient (Wildman–Crippen LogP) is 5.34. The molecule has 0 atom stereocenters. The maximum Gasteiger partial charge on any atom is 0.252 e. The molecule has 0 aliphatic heterocycles. The molecule has 0 aliphatic carbocycles. The molecule has 1 N–H and O–H groups in total. The molecule has 1 amide bonds. The van der Waals surface area contributed by atoms with E-state index in [0.717, 1.165) is 23.5 Å². The molecule has 1 heterocycles. The molecule has 0 unspecified atom stereocenters. The van der Waals surface area contributed by atoms with Crippen molar-refractivity contribution < 1.29 is 4.79 Å². The maximum absolute atomic E-state index is 11.8. The van der Waals surface area contributed by atoms with E-state index in [2.05, 4.69) is 10.3 Å². The minimum Gasteiger partial charge on any atom is -0.352 e. The van der Waals surface area contributed by atoms with Crippen LogP contribution in [0.1, 0.15) is 23.2 Å². The van der Waals surface area contributed by atoms with Crippen LogP contribution in [0.15, 0.2) is 41.6 Å². The van der Waals surface area contributed by atoms with Crippen molar-refractivity contribution >= 4 is 52.5 Å². The van der Waals surface area contributed by atoms with E-state index in [1.165, 1.54) is 0 Å². The van der Waals surface area contributed by atoms with Crippen molar-refractivity contribution in [3.05, 3.63) is 57.3 Å². The number of unbranched alkanes of at least 4 members (excludes halogenated alkanes) is 1. The number of benzene rings is 1. The average molecular weight is 390 g/mol. The van der Waals surface area contributed by atoms with Crippen molar-refractivity contribution in [3.8, 4) is 0 Å². The summed E-state index contributed by atoms with van der Waals surface area (Å²) < 4.78 is 0. The molecule has 0 spiro atoms. The molecule has 1 aromatic heterocycles. The van der Waals surface area contributed by atoms with Crippen LogP contribution in [0.5, 0.6) is 0 Å². The molecule has 0 bridgehead atoms. The number of carbonyl (C=O) groups is 1. The van der Waals surface area contributed by atoms with Crippen LogP contribution in [0.2, 0.25) is 15.1 Å². The van der Waals surface area contributed by atoms with E-state index in [-0.39, 0.29) is 5.91 Å². The summed E-state index contributed by atoms with van der Waals surface area (Å²) in [4.78, 5) is 16.6. The van der Waals surface area contributed by atoms with E-state index >= 15 is 0 Å². The van der Waals surface area contributed by atoms with E-state index < -0.39 is 0 Å². The van der Waals surface area contributed by atoms with Gasteiger partial charge in [-0.3, -0.25) is 9.78 Å². The minimum atomic E-state index is -0.102. The van der Waals surface area contributed by atoms with Crippen LogP contribution in [-0.4, -0.2) is 23.2 Å². The Morgan fingerprint density at radius 2 is 1.91 bits per heavy atom. The lowest BCUT2D eigenvalue weighted by molar-refractivity contribution is 0.0953. The second-order valence-electron chi connectivity index (χ2n) is 4.75. The van der Waals surface area contributed by atoms with Crippen molar-refractivity contribution in [2.24, 2.45) is 0 Å². The summed E-state index contributed by atoms with van der Waals surface area (Å²) in [6, 6.07) is 6.85. The van der Waals surface area contributed by atoms with Crippen LogP contribution in [-0.2, 0) is 0 Å². The zero-order chi connectivity index (χ0) is 16.7. The summed E-state index contributed by atoms with van der Waals surface area (Å²) in [7, 11) is 0. The molecule has 2 aromatic rings. The molecule has 0 fully saturated rings. The second-order valence-corrected chi connectivity index (χ2v) is 7.11. The number of halogens is 3. The zero-order valence-electron chi connectivity index (χ0n) is 12.2. The van der Waals surface area contributed by atoms with E-state index in [0.29, 0.717) is 27.2 Å². The number of nitrogens with zero attached hydrogens (tertiary/aromatic N) is 1. The van der Waals surface area contributed by atoms with E-state index in [9.17, 15) is 4.79 Å². The lowest BCUT2D eigenvalue weighted by atomic mass is 10.2. The summed E-state index contributed by atoms with van der Waals surface area (Å²) >= 11 is 19.7. The van der Waals surface area contributed by atoms with Gasteiger partial charge in [0.1, 0.15) is 0 Å². The first kappa shape index (κ1) is 18.4. The normalized spacial score (nSPS) is 10.6. The number of thioether (sulfide) groups is 1. The van der Waals surface area contributed by atoms with Crippen molar-refractivity contribution in [2.45, 2.75) is 17.7 Å². The highest BCUT2D eigenvalue weighted by Crippen LogP contribution is 2.36. The Labute approximate surface area is 154 Å². The quantitative estimate of drug-likeness (QED) is 0.513. The first-order valence-electron chi connectivity index (χ1n) is 7.03. The average Bonchev–Trinajstić information content (AvgIpc) is 2.53. The Balaban J connectivity index is 1.68. The largest absolute Gasteiger partial charge is 0.352 e. The lowest BCUT2D eigenvalue weighted by Gasteiger charge is -2.08. The topological polar surface area (TPSA) is 42.0 Å². The number of aromatic nitrogens is 1. The van der Waals surface area contributed by atoms with Crippen LogP contribution in [0.4, 0.5) is 0 Å². The summed E-state index contributed by atoms with van der Waals surface area (Å²) in [6.07, 6.45) is 5.01. The monoisotopic (exact) mass is 388 g/mol. The minimum absolute atomic E-state index is 0.102. The molecule has 7 heteroatoms. The Hall–Kier alpha value is -0.940. The molecule has 122 valence electrons. The Bertz CT molecular complexity index is 645. The third-order valence-electron chi connectivity index (χ3n) is 2.99. The number of rotatable bonds is 7. The number of hydrogen-bond acceptors (Lipinski definition) is 3. The fraction of sp³-hybridized carbons (Fsp3) is 0.250. The van der Waals surface area contributed by atoms with Gasteiger partial charge in [0.25, 0.3) is 5.91 Å². The Morgan fingerprint density at radius 1 is 1.17 bits per heavy atom. The van der Waals surface area contributed by atoms with E-state index in [1.807, 2.05) is 0 Å². The number of hydrogen-bond donors (Lipinski definition) is 1. The molecule has 0 saturated carbocycles. The van der Waals surface area contributed by atoms with Gasteiger partial charge in [0.2, 0.25) is 0 Å². The molecular weight excluding hydrogens is 375 g/mol. The molecule has 2 rings (SSSR count). The van der Waals surface area contributed by atoms with Crippen molar-refractivity contribution in [3.63, 3.8) is 0 Å². The summed E-state index contributed by atoms with van der Waals surface area (Å²) in [5.74, 6) is 0.763. The second kappa shape index (κ2) is 9.38. The van der Waals surface area contributed by atoms with Crippen LogP contribution in [0, 0.1) is 0 Å². The summed E-state index contributed by atoms with van der Waals surface area (Å²) in [5, 5.41) is 4.53. The third kappa shape index (κ3) is 5.88. The van der Waals surface area contributed by atoms with Crippen molar-refractivity contribution in [2.75, 3.05) is 12.3 Å². The molecule has 23 heavy (non-hydrogen) atoms. The standard InChI is InChI=1S/C16H15Cl3N2OS/c17-12-8-13(18)15(14(19)9-12)23-7-2-1-6-21-16(22)11-4-3-5-20-10-11/h3-5,8-10H,1-2,6-7H2,(H,21,22). The van der Waals surface area contributed by atoms with Crippen LogP contribution < -0.4 is 5.32 Å². The van der Waals surface area contributed by atoms with E-state index in [4.69, 9.17) is 34.8 Å². The maximum atomic E-state index is 11.8. The van der Waals surface area contributed by atoms with Crippen molar-refractivity contribution in [1.82, 2.24) is 10.3 Å². The SMILES string of the molecule is O=C(NCCCCSc1c(Cl)cc(Cl)cc1Cl)c1cccnc1. The third-order valence-corrected chi connectivity index (χ3v) is 5.25. The Kier molecular flexibility index (Phi) is 7.50. The van der Waals surface area contributed by atoms with Crippen LogP contribution in [0.3, 0.4) is 0 Å². The lowest BCUT2D eigenvalue weighted by Crippen LogP contribution is -2.24. The van der Waals surface area contributed by atoms with Crippen LogP contribution >= 0.6 is 46.6 Å². The molecule has 0 radical (unpaired) electrons. The smallest absolute Gasteiger partial charge is 0.252 e. The van der Waals surface area contributed by atoms with Gasteiger partial charge in [0, 0.05) is 28.9 Å².